The molecule has 0 aliphatic rings. The number of ether oxygens (including phenoxy) is 2. The monoisotopic (exact) mass is 327 g/mol. The number of aromatic nitrogens is 1. The third-order valence-electron chi connectivity index (χ3n) is 3.48. The minimum absolute atomic E-state index is 0.128. The molecule has 0 atom stereocenters. The number of H-pyrrole nitrogens is 1. The van der Waals surface area contributed by atoms with Gasteiger partial charge in [0.1, 0.15) is 17.2 Å². The lowest BCUT2D eigenvalue weighted by atomic mass is 10.1. The van der Waals surface area contributed by atoms with E-state index in [0.29, 0.717) is 17.2 Å². The van der Waals surface area contributed by atoms with Gasteiger partial charge in [0.2, 0.25) is 0 Å². The Labute approximate surface area is 135 Å². The summed E-state index contributed by atoms with van der Waals surface area (Å²) in [7, 11) is 1.56. The molecular weight excluding hydrogens is 314 g/mol. The van der Waals surface area contributed by atoms with E-state index in [1.54, 1.807) is 31.4 Å². The largest absolute Gasteiger partial charge is 0.505 e. The average molecular weight is 327 g/mol. The topological polar surface area (TPSA) is 109 Å². The fourth-order valence-electron chi connectivity index (χ4n) is 2.29. The number of hydrogen-bond acceptors (Lipinski definition) is 5. The van der Waals surface area contributed by atoms with Gasteiger partial charge in [-0.05, 0) is 42.5 Å². The van der Waals surface area contributed by atoms with Crippen LogP contribution in [0.3, 0.4) is 0 Å². The molecule has 122 valence electrons. The highest BCUT2D eigenvalue weighted by molar-refractivity contribution is 5.98. The molecule has 3 N–H and O–H groups in total. The van der Waals surface area contributed by atoms with Crippen molar-refractivity contribution in [1.29, 1.82) is 0 Å². The van der Waals surface area contributed by atoms with Crippen LogP contribution in [0.5, 0.6) is 23.0 Å². The minimum atomic E-state index is -1.41. The van der Waals surface area contributed by atoms with Crippen LogP contribution in [-0.4, -0.2) is 28.3 Å². The van der Waals surface area contributed by atoms with Crippen LogP contribution in [0, 0.1) is 0 Å². The molecule has 0 aliphatic carbocycles. The fourth-order valence-corrected chi connectivity index (χ4v) is 2.29. The number of methoxy groups -OCH3 is 1. The summed E-state index contributed by atoms with van der Waals surface area (Å²) in [5.74, 6) is -0.305. The summed E-state index contributed by atoms with van der Waals surface area (Å²) in [6.45, 7) is 0. The number of aromatic carboxylic acids is 1. The number of nitrogens with one attached hydrogen (secondary N) is 1. The summed E-state index contributed by atoms with van der Waals surface area (Å²) in [5.41, 5.74) is -1.17. The summed E-state index contributed by atoms with van der Waals surface area (Å²) in [5, 5.41) is 19.2. The zero-order chi connectivity index (χ0) is 17.3. The van der Waals surface area contributed by atoms with Gasteiger partial charge in [-0.1, -0.05) is 0 Å². The van der Waals surface area contributed by atoms with Gasteiger partial charge in [0.15, 0.2) is 11.4 Å². The van der Waals surface area contributed by atoms with Gasteiger partial charge in [-0.15, -0.1) is 0 Å². The van der Waals surface area contributed by atoms with Crippen LogP contribution in [0.25, 0.3) is 10.8 Å². The lowest BCUT2D eigenvalue weighted by Gasteiger charge is -2.09. The number of hydrogen-bond donors (Lipinski definition) is 3. The first kappa shape index (κ1) is 15.4. The predicted octanol–water partition coefficient (Wildman–Crippen LogP) is 2.73. The number of aromatic amines is 1. The zero-order valence-electron chi connectivity index (χ0n) is 12.6. The number of pyridine rings is 1. The maximum absolute atomic E-state index is 12.0. The van der Waals surface area contributed by atoms with Crippen molar-refractivity contribution in [3.63, 3.8) is 0 Å². The molecule has 0 spiro atoms. The summed E-state index contributed by atoms with van der Waals surface area (Å²) in [6, 6.07) is 11.3. The van der Waals surface area contributed by atoms with Crippen molar-refractivity contribution < 1.29 is 24.5 Å². The molecule has 0 radical (unpaired) electrons. The Hall–Kier alpha value is -3.48. The Kier molecular flexibility index (Phi) is 3.83. The lowest BCUT2D eigenvalue weighted by molar-refractivity contribution is 0.0687. The van der Waals surface area contributed by atoms with Crippen molar-refractivity contribution in [2.75, 3.05) is 7.11 Å². The standard InChI is InChI=1S/C17H13NO6/c1-23-9-2-4-10(5-3-9)24-11-6-7-12-13(8-11)16(20)18-14(15(12)19)17(21)22/h2-8,19H,1H3,(H,18,20)(H,21,22). The first-order chi connectivity index (χ1) is 11.5. The smallest absolute Gasteiger partial charge is 0.356 e. The second-order valence-corrected chi connectivity index (χ2v) is 4.97. The van der Waals surface area contributed by atoms with Gasteiger partial charge in [0, 0.05) is 5.39 Å². The number of carboxylic acids is 1. The quantitative estimate of drug-likeness (QED) is 0.680. The Balaban J connectivity index is 2.02. The van der Waals surface area contributed by atoms with Crippen LogP contribution in [-0.2, 0) is 0 Å². The van der Waals surface area contributed by atoms with E-state index in [2.05, 4.69) is 4.98 Å². The highest BCUT2D eigenvalue weighted by Crippen LogP contribution is 2.30. The van der Waals surface area contributed by atoms with Gasteiger partial charge < -0.3 is 24.7 Å². The van der Waals surface area contributed by atoms with Crippen molar-refractivity contribution in [3.8, 4) is 23.0 Å². The van der Waals surface area contributed by atoms with Crippen LogP contribution in [0.15, 0.2) is 47.3 Å². The molecule has 0 saturated carbocycles. The van der Waals surface area contributed by atoms with Crippen molar-refractivity contribution >= 4 is 16.7 Å². The van der Waals surface area contributed by atoms with Gasteiger partial charge in [0.05, 0.1) is 12.5 Å². The third-order valence-corrected chi connectivity index (χ3v) is 3.48. The van der Waals surface area contributed by atoms with Gasteiger partial charge in [-0.25, -0.2) is 4.79 Å². The molecule has 3 aromatic rings. The van der Waals surface area contributed by atoms with Gasteiger partial charge >= 0.3 is 5.97 Å². The Morgan fingerprint density at radius 1 is 1.00 bits per heavy atom. The Morgan fingerprint density at radius 2 is 1.62 bits per heavy atom. The Morgan fingerprint density at radius 3 is 2.25 bits per heavy atom. The van der Waals surface area contributed by atoms with E-state index in [4.69, 9.17) is 14.6 Å². The molecule has 0 saturated heterocycles. The van der Waals surface area contributed by atoms with E-state index in [0.717, 1.165) is 0 Å². The van der Waals surface area contributed by atoms with E-state index < -0.39 is 23.0 Å². The molecule has 1 aromatic heterocycles. The summed E-state index contributed by atoms with van der Waals surface area (Å²) in [6.07, 6.45) is 0. The first-order valence-electron chi connectivity index (χ1n) is 6.94. The Bertz CT molecular complexity index is 975. The van der Waals surface area contributed by atoms with E-state index in [1.165, 1.54) is 18.2 Å². The SMILES string of the molecule is COc1ccc(Oc2ccc3c(O)c(C(=O)O)[nH]c(=O)c3c2)cc1. The van der Waals surface area contributed by atoms with Crippen LogP contribution < -0.4 is 15.0 Å². The van der Waals surface area contributed by atoms with Crippen LogP contribution in [0.2, 0.25) is 0 Å². The molecule has 0 bridgehead atoms. The van der Waals surface area contributed by atoms with Gasteiger partial charge in [-0.3, -0.25) is 4.79 Å². The third kappa shape index (κ3) is 2.74. The van der Waals surface area contributed by atoms with Crippen LogP contribution in [0.4, 0.5) is 0 Å². The normalized spacial score (nSPS) is 10.5. The molecular formula is C17H13NO6. The molecule has 0 amide bonds. The number of benzene rings is 2. The molecule has 1 heterocycles. The van der Waals surface area contributed by atoms with Crippen LogP contribution >= 0.6 is 0 Å². The highest BCUT2D eigenvalue weighted by atomic mass is 16.5. The van der Waals surface area contributed by atoms with Crippen molar-refractivity contribution in [2.45, 2.75) is 0 Å². The number of aromatic hydroxyl groups is 1. The zero-order valence-corrected chi connectivity index (χ0v) is 12.6. The number of rotatable bonds is 4. The average Bonchev–Trinajstić information content (AvgIpc) is 2.58. The van der Waals surface area contributed by atoms with Crippen molar-refractivity contribution in [1.82, 2.24) is 4.98 Å². The molecule has 3 rings (SSSR count). The summed E-state index contributed by atoms with van der Waals surface area (Å²) >= 11 is 0. The number of carbonyl (C=O) groups is 1. The second-order valence-electron chi connectivity index (χ2n) is 4.97. The van der Waals surface area contributed by atoms with E-state index in [9.17, 15) is 14.7 Å². The first-order valence-corrected chi connectivity index (χ1v) is 6.94. The maximum atomic E-state index is 12.0. The van der Waals surface area contributed by atoms with E-state index in [1.807, 2.05) is 0 Å². The molecule has 0 fully saturated rings. The molecule has 0 aliphatic heterocycles. The molecule has 2 aromatic carbocycles. The fraction of sp³-hybridized carbons (Fsp3) is 0.0588. The maximum Gasteiger partial charge on any atom is 0.356 e. The second kappa shape index (κ2) is 5.96. The van der Waals surface area contributed by atoms with Gasteiger partial charge in [-0.2, -0.15) is 0 Å². The summed E-state index contributed by atoms with van der Waals surface area (Å²) in [4.78, 5) is 25.2. The van der Waals surface area contributed by atoms with E-state index in [-0.39, 0.29) is 10.8 Å². The number of fused-ring (bicyclic) bond motifs is 1. The highest BCUT2D eigenvalue weighted by Gasteiger charge is 2.16. The van der Waals surface area contributed by atoms with Gasteiger partial charge in [0.25, 0.3) is 5.56 Å². The van der Waals surface area contributed by atoms with Crippen LogP contribution in [0.1, 0.15) is 10.5 Å². The van der Waals surface area contributed by atoms with E-state index >= 15 is 0 Å². The minimum Gasteiger partial charge on any atom is -0.505 e. The number of carboxylic acid groups (broad SMARTS) is 1. The predicted molar refractivity (Wildman–Crippen MR) is 86.3 cm³/mol. The summed E-state index contributed by atoms with van der Waals surface area (Å²) < 4.78 is 10.7. The molecule has 0 unspecified atom stereocenters. The lowest BCUT2D eigenvalue weighted by Crippen LogP contribution is -2.13. The molecule has 24 heavy (non-hydrogen) atoms. The molecule has 7 nitrogen and oxygen atoms in total. The molecule has 7 heteroatoms. The van der Waals surface area contributed by atoms with Crippen molar-refractivity contribution in [3.05, 3.63) is 58.5 Å². The van der Waals surface area contributed by atoms with Crippen molar-refractivity contribution in [2.24, 2.45) is 0 Å².